The summed E-state index contributed by atoms with van der Waals surface area (Å²) in [5.74, 6) is 1.94. The maximum Gasteiger partial charge on any atom is 0.191 e. The predicted molar refractivity (Wildman–Crippen MR) is 110 cm³/mol. The Balaban J connectivity index is 1.63. The van der Waals surface area contributed by atoms with Gasteiger partial charge in [0.2, 0.25) is 0 Å². The molecule has 0 bridgehead atoms. The van der Waals surface area contributed by atoms with Crippen LogP contribution in [-0.4, -0.2) is 26.3 Å². The summed E-state index contributed by atoms with van der Waals surface area (Å²) >= 11 is 4.77. The van der Waals surface area contributed by atoms with Gasteiger partial charge in [0.05, 0.1) is 5.75 Å². The first-order chi connectivity index (χ1) is 13.1. The molecule has 0 aliphatic rings. The van der Waals surface area contributed by atoms with Crippen LogP contribution >= 0.6 is 27.7 Å². The highest BCUT2D eigenvalue weighted by molar-refractivity contribution is 9.10. The smallest absolute Gasteiger partial charge is 0.191 e. The second-order valence-corrected chi connectivity index (χ2v) is 7.83. The van der Waals surface area contributed by atoms with E-state index in [-0.39, 0.29) is 5.78 Å². The standard InChI is InChI=1S/C20H20BrN3O2S/c1-3-24-19(12-26-17-6-4-5-14(2)11-17)22-23-20(24)27-13-18(25)15-7-9-16(21)10-8-15/h4-11H,3,12-13H2,1-2H3. The number of aromatic nitrogens is 3. The first kappa shape index (κ1) is 19.6. The van der Waals surface area contributed by atoms with Gasteiger partial charge in [-0.2, -0.15) is 0 Å². The molecule has 0 amide bonds. The summed E-state index contributed by atoms with van der Waals surface area (Å²) in [5.41, 5.74) is 1.84. The third-order valence-electron chi connectivity index (χ3n) is 3.97. The number of halogens is 1. The number of ketones is 1. The lowest BCUT2D eigenvalue weighted by Gasteiger charge is -2.09. The Hall–Kier alpha value is -2.12. The lowest BCUT2D eigenvalue weighted by Crippen LogP contribution is -2.08. The molecular weight excluding hydrogens is 426 g/mol. The van der Waals surface area contributed by atoms with Gasteiger partial charge in [-0.25, -0.2) is 0 Å². The van der Waals surface area contributed by atoms with Crippen LogP contribution in [0.1, 0.15) is 28.7 Å². The van der Waals surface area contributed by atoms with Crippen molar-refractivity contribution in [2.75, 3.05) is 5.75 Å². The average molecular weight is 446 g/mol. The van der Waals surface area contributed by atoms with E-state index < -0.39 is 0 Å². The molecule has 0 atom stereocenters. The van der Waals surface area contributed by atoms with E-state index >= 15 is 0 Å². The van der Waals surface area contributed by atoms with Gasteiger partial charge in [0.15, 0.2) is 16.8 Å². The molecule has 3 aromatic rings. The number of ether oxygens (including phenoxy) is 1. The summed E-state index contributed by atoms with van der Waals surface area (Å²) in [5, 5.41) is 9.20. The largest absolute Gasteiger partial charge is 0.486 e. The van der Waals surface area contributed by atoms with Crippen LogP contribution in [0.25, 0.3) is 0 Å². The molecule has 1 aromatic heterocycles. The van der Waals surface area contributed by atoms with E-state index in [1.807, 2.05) is 66.9 Å². The number of Topliss-reactive ketones (excluding diaryl/α,β-unsaturated/α-hetero) is 1. The van der Waals surface area contributed by atoms with Crippen molar-refractivity contribution in [3.8, 4) is 5.75 Å². The fourth-order valence-electron chi connectivity index (χ4n) is 2.55. The molecule has 0 saturated carbocycles. The lowest BCUT2D eigenvalue weighted by atomic mass is 10.2. The fourth-order valence-corrected chi connectivity index (χ4v) is 3.73. The second-order valence-electron chi connectivity index (χ2n) is 5.97. The van der Waals surface area contributed by atoms with Gasteiger partial charge in [-0.3, -0.25) is 4.79 Å². The molecular formula is C20H20BrN3O2S. The lowest BCUT2D eigenvalue weighted by molar-refractivity contribution is 0.102. The first-order valence-electron chi connectivity index (χ1n) is 8.60. The predicted octanol–water partition coefficient (Wildman–Crippen LogP) is 4.92. The minimum absolute atomic E-state index is 0.0655. The highest BCUT2D eigenvalue weighted by Crippen LogP contribution is 2.21. The monoisotopic (exact) mass is 445 g/mol. The Bertz CT molecular complexity index is 925. The zero-order valence-electron chi connectivity index (χ0n) is 15.2. The van der Waals surface area contributed by atoms with Crippen LogP contribution in [-0.2, 0) is 13.2 Å². The molecule has 7 heteroatoms. The van der Waals surface area contributed by atoms with Crippen molar-refractivity contribution in [3.05, 3.63) is 70.0 Å². The number of thioether (sulfide) groups is 1. The molecule has 27 heavy (non-hydrogen) atoms. The minimum Gasteiger partial charge on any atom is -0.486 e. The molecule has 0 N–H and O–H groups in total. The van der Waals surface area contributed by atoms with Crippen LogP contribution in [0.3, 0.4) is 0 Å². The van der Waals surface area contributed by atoms with Gasteiger partial charge in [-0.15, -0.1) is 10.2 Å². The summed E-state index contributed by atoms with van der Waals surface area (Å²) in [4.78, 5) is 12.4. The Labute approximate surface area is 171 Å². The Morgan fingerprint density at radius 2 is 1.96 bits per heavy atom. The van der Waals surface area contributed by atoms with Crippen molar-refractivity contribution in [2.24, 2.45) is 0 Å². The molecule has 5 nitrogen and oxygen atoms in total. The van der Waals surface area contributed by atoms with Crippen molar-refractivity contribution < 1.29 is 9.53 Å². The van der Waals surface area contributed by atoms with E-state index in [1.54, 1.807) is 0 Å². The molecule has 0 aliphatic heterocycles. The van der Waals surface area contributed by atoms with Crippen LogP contribution in [0, 0.1) is 6.92 Å². The number of carbonyl (C=O) groups is 1. The molecule has 0 saturated heterocycles. The van der Waals surface area contributed by atoms with E-state index in [2.05, 4.69) is 26.1 Å². The Morgan fingerprint density at radius 1 is 1.19 bits per heavy atom. The summed E-state index contributed by atoms with van der Waals surface area (Å²) in [6, 6.07) is 15.3. The molecule has 1 heterocycles. The molecule has 2 aromatic carbocycles. The van der Waals surface area contributed by atoms with E-state index in [0.29, 0.717) is 24.5 Å². The Kier molecular flexibility index (Phi) is 6.68. The van der Waals surface area contributed by atoms with E-state index in [0.717, 1.165) is 26.8 Å². The summed E-state index contributed by atoms with van der Waals surface area (Å²) < 4.78 is 8.77. The maximum atomic E-state index is 12.4. The maximum absolute atomic E-state index is 12.4. The molecule has 0 unspecified atom stereocenters. The zero-order chi connectivity index (χ0) is 19.2. The van der Waals surface area contributed by atoms with Gasteiger partial charge < -0.3 is 9.30 Å². The van der Waals surface area contributed by atoms with Gasteiger partial charge in [0, 0.05) is 16.6 Å². The zero-order valence-corrected chi connectivity index (χ0v) is 17.6. The quantitative estimate of drug-likeness (QED) is 0.363. The number of hydrogen-bond donors (Lipinski definition) is 0. The van der Waals surface area contributed by atoms with Crippen LogP contribution in [0.15, 0.2) is 58.2 Å². The number of nitrogens with zero attached hydrogens (tertiary/aromatic N) is 3. The van der Waals surface area contributed by atoms with E-state index in [9.17, 15) is 4.79 Å². The second kappa shape index (κ2) is 9.19. The summed E-state index contributed by atoms with van der Waals surface area (Å²) in [6.45, 7) is 5.11. The van der Waals surface area contributed by atoms with Crippen molar-refractivity contribution >= 4 is 33.5 Å². The van der Waals surface area contributed by atoms with Crippen molar-refractivity contribution in [2.45, 2.75) is 32.2 Å². The van der Waals surface area contributed by atoms with Crippen LogP contribution in [0.4, 0.5) is 0 Å². The van der Waals surface area contributed by atoms with Gasteiger partial charge in [0.25, 0.3) is 0 Å². The topological polar surface area (TPSA) is 57.0 Å². The third kappa shape index (κ3) is 5.20. The van der Waals surface area contributed by atoms with E-state index in [4.69, 9.17) is 4.74 Å². The highest BCUT2D eigenvalue weighted by atomic mass is 79.9. The minimum atomic E-state index is 0.0655. The highest BCUT2D eigenvalue weighted by Gasteiger charge is 2.14. The van der Waals surface area contributed by atoms with Gasteiger partial charge >= 0.3 is 0 Å². The number of aryl methyl sites for hydroxylation is 1. The van der Waals surface area contributed by atoms with Gasteiger partial charge in [-0.1, -0.05) is 52.0 Å². The third-order valence-corrected chi connectivity index (χ3v) is 5.46. The number of benzene rings is 2. The van der Waals surface area contributed by atoms with Crippen LogP contribution < -0.4 is 4.74 Å². The van der Waals surface area contributed by atoms with Crippen molar-refractivity contribution in [1.29, 1.82) is 0 Å². The molecule has 3 rings (SSSR count). The Morgan fingerprint density at radius 3 is 2.67 bits per heavy atom. The molecule has 0 fully saturated rings. The molecule has 0 spiro atoms. The SMILES string of the molecule is CCn1c(COc2cccc(C)c2)nnc1SCC(=O)c1ccc(Br)cc1. The van der Waals surface area contributed by atoms with Crippen molar-refractivity contribution in [3.63, 3.8) is 0 Å². The van der Waals surface area contributed by atoms with Crippen molar-refractivity contribution in [1.82, 2.24) is 14.8 Å². The number of rotatable bonds is 8. The number of carbonyl (C=O) groups excluding carboxylic acids is 1. The molecule has 0 radical (unpaired) electrons. The summed E-state index contributed by atoms with van der Waals surface area (Å²) in [6.07, 6.45) is 0. The van der Waals surface area contributed by atoms with Crippen LogP contribution in [0.2, 0.25) is 0 Å². The van der Waals surface area contributed by atoms with E-state index in [1.165, 1.54) is 11.8 Å². The number of hydrogen-bond acceptors (Lipinski definition) is 5. The summed E-state index contributed by atoms with van der Waals surface area (Å²) in [7, 11) is 0. The normalized spacial score (nSPS) is 10.8. The van der Waals surface area contributed by atoms with Crippen LogP contribution in [0.5, 0.6) is 5.75 Å². The fraction of sp³-hybridized carbons (Fsp3) is 0.250. The molecule has 140 valence electrons. The first-order valence-corrected chi connectivity index (χ1v) is 10.4. The average Bonchev–Trinajstić information content (AvgIpc) is 3.07. The van der Waals surface area contributed by atoms with Gasteiger partial charge in [0.1, 0.15) is 12.4 Å². The molecule has 0 aliphatic carbocycles. The van der Waals surface area contributed by atoms with Gasteiger partial charge in [-0.05, 0) is 43.7 Å².